The van der Waals surface area contributed by atoms with Crippen LogP contribution in [0.5, 0.6) is 0 Å². The van der Waals surface area contributed by atoms with Crippen LogP contribution in [0.25, 0.3) is 0 Å². The van der Waals surface area contributed by atoms with Crippen molar-refractivity contribution in [2.24, 2.45) is 0 Å². The monoisotopic (exact) mass is 211 g/mol. The van der Waals surface area contributed by atoms with Gasteiger partial charge in [0.25, 0.3) is 0 Å². The number of benzene rings is 1. The normalized spacial score (nSPS) is 21.1. The molecule has 14 heavy (non-hydrogen) atoms. The predicted octanol–water partition coefficient (Wildman–Crippen LogP) is 2.93. The molecule has 2 nitrogen and oxygen atoms in total. The van der Waals surface area contributed by atoms with E-state index >= 15 is 0 Å². The Kier molecular flexibility index (Phi) is 3.27. The first kappa shape index (κ1) is 9.81. The molecule has 1 fully saturated rings. The number of halogens is 1. The maximum atomic E-state index is 6.01. The summed E-state index contributed by atoms with van der Waals surface area (Å²) in [5, 5.41) is 4.07. The number of nitrogens with one attached hydrogen (secondary N) is 1. The quantitative estimate of drug-likeness (QED) is 0.830. The zero-order valence-electron chi connectivity index (χ0n) is 8.00. The molecule has 76 valence electrons. The molecule has 0 aliphatic carbocycles. The van der Waals surface area contributed by atoms with Crippen LogP contribution < -0.4 is 5.32 Å². The second kappa shape index (κ2) is 4.67. The van der Waals surface area contributed by atoms with E-state index in [0.29, 0.717) is 6.10 Å². The van der Waals surface area contributed by atoms with Gasteiger partial charge in [-0.2, -0.15) is 0 Å². The minimum absolute atomic E-state index is 0.353. The number of anilines is 1. The summed E-state index contributed by atoms with van der Waals surface area (Å²) in [6, 6.07) is 7.78. The van der Waals surface area contributed by atoms with E-state index in [9.17, 15) is 0 Å². The minimum Gasteiger partial charge on any atom is -0.381 e. The van der Waals surface area contributed by atoms with Gasteiger partial charge < -0.3 is 10.1 Å². The van der Waals surface area contributed by atoms with Crippen LogP contribution in [0.15, 0.2) is 24.3 Å². The number of hydrogen-bond acceptors (Lipinski definition) is 2. The van der Waals surface area contributed by atoms with E-state index in [0.717, 1.165) is 30.3 Å². The van der Waals surface area contributed by atoms with E-state index in [1.54, 1.807) is 0 Å². The van der Waals surface area contributed by atoms with Crippen LogP contribution in [0.4, 0.5) is 5.69 Å². The van der Waals surface area contributed by atoms with E-state index in [-0.39, 0.29) is 0 Å². The standard InChI is InChI=1S/C11H14ClNO/c12-10-5-1-2-6-11(10)13-8-9-4-3-7-14-9/h1-2,5-6,9,13H,3-4,7-8H2. The van der Waals surface area contributed by atoms with Crippen LogP contribution >= 0.6 is 11.6 Å². The molecule has 1 aromatic carbocycles. The third-order valence-corrected chi connectivity index (χ3v) is 2.75. The fraction of sp³-hybridized carbons (Fsp3) is 0.455. The van der Waals surface area contributed by atoms with Crippen LogP contribution in [-0.4, -0.2) is 19.3 Å². The smallest absolute Gasteiger partial charge is 0.0748 e. The number of ether oxygens (including phenoxy) is 1. The zero-order chi connectivity index (χ0) is 9.80. The molecule has 1 heterocycles. The van der Waals surface area contributed by atoms with E-state index in [4.69, 9.17) is 16.3 Å². The van der Waals surface area contributed by atoms with Gasteiger partial charge in [0.15, 0.2) is 0 Å². The van der Waals surface area contributed by atoms with Crippen molar-refractivity contribution in [3.05, 3.63) is 29.3 Å². The summed E-state index contributed by atoms with van der Waals surface area (Å²) in [5.41, 5.74) is 0.990. The van der Waals surface area contributed by atoms with Crippen LogP contribution in [0.3, 0.4) is 0 Å². The summed E-state index contributed by atoms with van der Waals surface area (Å²) >= 11 is 6.01. The molecular weight excluding hydrogens is 198 g/mol. The summed E-state index contributed by atoms with van der Waals surface area (Å²) in [6.07, 6.45) is 2.68. The molecule has 0 amide bonds. The van der Waals surface area contributed by atoms with Gasteiger partial charge in [0.2, 0.25) is 0 Å². The Balaban J connectivity index is 1.88. The van der Waals surface area contributed by atoms with E-state index in [2.05, 4.69) is 5.32 Å². The highest BCUT2D eigenvalue weighted by atomic mass is 35.5. The van der Waals surface area contributed by atoms with Gasteiger partial charge in [-0.1, -0.05) is 23.7 Å². The largest absolute Gasteiger partial charge is 0.381 e. The Bertz CT molecular complexity index is 297. The highest BCUT2D eigenvalue weighted by Gasteiger charge is 2.14. The molecule has 1 N–H and O–H groups in total. The molecule has 0 saturated carbocycles. The second-order valence-electron chi connectivity index (χ2n) is 3.50. The van der Waals surface area contributed by atoms with Gasteiger partial charge in [0.05, 0.1) is 16.8 Å². The molecule has 1 aliphatic heterocycles. The van der Waals surface area contributed by atoms with Crippen LogP contribution in [0.2, 0.25) is 5.02 Å². The number of rotatable bonds is 3. The van der Waals surface area contributed by atoms with E-state index in [1.807, 2.05) is 24.3 Å². The molecule has 1 aliphatic rings. The summed E-state index contributed by atoms with van der Waals surface area (Å²) in [4.78, 5) is 0. The number of hydrogen-bond donors (Lipinski definition) is 1. The Hall–Kier alpha value is -0.730. The lowest BCUT2D eigenvalue weighted by molar-refractivity contribution is 0.120. The molecule has 2 rings (SSSR count). The van der Waals surface area contributed by atoms with Crippen molar-refractivity contribution in [2.75, 3.05) is 18.5 Å². The summed E-state index contributed by atoms with van der Waals surface area (Å²) in [7, 11) is 0. The molecule has 0 spiro atoms. The van der Waals surface area contributed by atoms with E-state index < -0.39 is 0 Å². The Morgan fingerprint density at radius 2 is 2.29 bits per heavy atom. The van der Waals surface area contributed by atoms with Crippen LogP contribution in [-0.2, 0) is 4.74 Å². The van der Waals surface area contributed by atoms with Crippen LogP contribution in [0, 0.1) is 0 Å². The third kappa shape index (κ3) is 2.40. The van der Waals surface area contributed by atoms with Crippen molar-refractivity contribution in [3.63, 3.8) is 0 Å². The lowest BCUT2D eigenvalue weighted by Crippen LogP contribution is -2.18. The molecule has 1 unspecified atom stereocenters. The summed E-state index contributed by atoms with van der Waals surface area (Å²) < 4.78 is 5.51. The maximum absolute atomic E-state index is 6.01. The predicted molar refractivity (Wildman–Crippen MR) is 58.9 cm³/mol. The Labute approximate surface area is 89.2 Å². The average Bonchev–Trinajstić information content (AvgIpc) is 2.69. The van der Waals surface area contributed by atoms with Crippen molar-refractivity contribution in [3.8, 4) is 0 Å². The molecule has 1 saturated heterocycles. The lowest BCUT2D eigenvalue weighted by Gasteiger charge is -2.12. The van der Waals surface area contributed by atoms with Gasteiger partial charge in [-0.15, -0.1) is 0 Å². The van der Waals surface area contributed by atoms with Crippen molar-refractivity contribution < 1.29 is 4.74 Å². The Morgan fingerprint density at radius 3 is 3.00 bits per heavy atom. The van der Waals surface area contributed by atoms with Crippen molar-refractivity contribution in [1.82, 2.24) is 0 Å². The third-order valence-electron chi connectivity index (χ3n) is 2.42. The fourth-order valence-corrected chi connectivity index (χ4v) is 1.84. The van der Waals surface area contributed by atoms with Gasteiger partial charge >= 0.3 is 0 Å². The van der Waals surface area contributed by atoms with Crippen molar-refractivity contribution in [1.29, 1.82) is 0 Å². The molecule has 0 aromatic heterocycles. The Morgan fingerprint density at radius 1 is 1.43 bits per heavy atom. The topological polar surface area (TPSA) is 21.3 Å². The number of para-hydroxylation sites is 1. The molecule has 1 atom stereocenters. The average molecular weight is 212 g/mol. The van der Waals surface area contributed by atoms with Gasteiger partial charge in [0, 0.05) is 13.2 Å². The van der Waals surface area contributed by atoms with Gasteiger partial charge in [-0.3, -0.25) is 0 Å². The summed E-state index contributed by atoms with van der Waals surface area (Å²) in [5.74, 6) is 0. The SMILES string of the molecule is Clc1ccccc1NCC1CCCO1. The van der Waals surface area contributed by atoms with Gasteiger partial charge in [-0.25, -0.2) is 0 Å². The highest BCUT2D eigenvalue weighted by Crippen LogP contribution is 2.21. The second-order valence-corrected chi connectivity index (χ2v) is 3.90. The molecule has 0 radical (unpaired) electrons. The first-order valence-corrected chi connectivity index (χ1v) is 5.34. The van der Waals surface area contributed by atoms with E-state index in [1.165, 1.54) is 6.42 Å². The summed E-state index contributed by atoms with van der Waals surface area (Å²) in [6.45, 7) is 1.75. The van der Waals surface area contributed by atoms with Gasteiger partial charge in [0.1, 0.15) is 0 Å². The lowest BCUT2D eigenvalue weighted by atomic mass is 10.2. The molecule has 1 aromatic rings. The first-order chi connectivity index (χ1) is 6.86. The molecule has 3 heteroatoms. The zero-order valence-corrected chi connectivity index (χ0v) is 8.76. The fourth-order valence-electron chi connectivity index (χ4n) is 1.63. The van der Waals surface area contributed by atoms with Crippen LogP contribution in [0.1, 0.15) is 12.8 Å². The first-order valence-electron chi connectivity index (χ1n) is 4.96. The van der Waals surface area contributed by atoms with Gasteiger partial charge in [-0.05, 0) is 25.0 Å². The maximum Gasteiger partial charge on any atom is 0.0748 e. The van der Waals surface area contributed by atoms with Crippen molar-refractivity contribution >= 4 is 17.3 Å². The minimum atomic E-state index is 0.353. The highest BCUT2D eigenvalue weighted by molar-refractivity contribution is 6.33. The van der Waals surface area contributed by atoms with Crippen molar-refractivity contribution in [2.45, 2.75) is 18.9 Å². The molecular formula is C11H14ClNO. The molecule has 0 bridgehead atoms.